The fraction of sp³-hybridized carbons (Fsp3) is 0.0652. The number of allylic oxidation sites excluding steroid dienone is 4. The molecule has 3 heterocycles. The van der Waals surface area contributed by atoms with Crippen LogP contribution >= 0.6 is 0 Å². The molecular weight excluding hydrogens is 637 g/mol. The average molecular weight is 671 g/mol. The lowest BCUT2D eigenvalue weighted by atomic mass is 10.0. The minimum Gasteiger partial charge on any atom is -0.293 e. The first-order chi connectivity index (χ1) is 25.7. The molecule has 0 aliphatic heterocycles. The van der Waals surface area contributed by atoms with Gasteiger partial charge in [0.1, 0.15) is 17.5 Å². The second-order valence-corrected chi connectivity index (χ2v) is 13.5. The zero-order valence-corrected chi connectivity index (χ0v) is 28.6. The van der Waals surface area contributed by atoms with Crippen LogP contribution in [0.15, 0.2) is 170 Å². The number of benzene rings is 6. The average Bonchev–Trinajstić information content (AvgIpc) is 3.90. The Hall–Kier alpha value is -6.79. The zero-order chi connectivity index (χ0) is 34.6. The number of fused-ring (bicyclic) bond motifs is 3. The van der Waals surface area contributed by atoms with E-state index in [1.807, 2.05) is 12.1 Å². The normalized spacial score (nSPS) is 14.4. The first-order valence-corrected chi connectivity index (χ1v) is 17.8. The molecular formula is C46H34N6. The van der Waals surface area contributed by atoms with Crippen LogP contribution in [-0.2, 0) is 0 Å². The summed E-state index contributed by atoms with van der Waals surface area (Å²) in [6.45, 7) is 2.27. The van der Waals surface area contributed by atoms with Crippen molar-refractivity contribution in [3.63, 3.8) is 0 Å². The van der Waals surface area contributed by atoms with E-state index < -0.39 is 0 Å². The molecule has 6 aromatic carbocycles. The second kappa shape index (κ2) is 12.2. The van der Waals surface area contributed by atoms with Gasteiger partial charge in [0.05, 0.1) is 33.1 Å². The predicted molar refractivity (Wildman–Crippen MR) is 212 cm³/mol. The number of rotatable bonds is 6. The van der Waals surface area contributed by atoms with Gasteiger partial charge in [0.15, 0.2) is 0 Å². The lowest BCUT2D eigenvalue weighted by molar-refractivity contribution is 0.734. The van der Waals surface area contributed by atoms with Gasteiger partial charge < -0.3 is 0 Å². The van der Waals surface area contributed by atoms with Gasteiger partial charge >= 0.3 is 0 Å². The molecule has 1 aliphatic carbocycles. The topological polar surface area (TPSA) is 53.5 Å². The van der Waals surface area contributed by atoms with E-state index in [4.69, 9.17) is 15.0 Å². The van der Waals surface area contributed by atoms with Crippen molar-refractivity contribution in [2.24, 2.45) is 5.92 Å². The molecule has 248 valence electrons. The van der Waals surface area contributed by atoms with Crippen LogP contribution in [0.2, 0.25) is 0 Å². The number of hydrogen-bond acceptors (Lipinski definition) is 3. The summed E-state index contributed by atoms with van der Waals surface area (Å²) < 4.78 is 6.83. The summed E-state index contributed by atoms with van der Waals surface area (Å²) in [5.41, 5.74) is 12.1. The first kappa shape index (κ1) is 30.1. The van der Waals surface area contributed by atoms with Crippen molar-refractivity contribution in [3.05, 3.63) is 170 Å². The molecule has 0 saturated carbocycles. The van der Waals surface area contributed by atoms with E-state index in [1.54, 1.807) is 0 Å². The van der Waals surface area contributed by atoms with Gasteiger partial charge in [-0.1, -0.05) is 91.9 Å². The molecule has 1 atom stereocenters. The van der Waals surface area contributed by atoms with Gasteiger partial charge in [-0.3, -0.25) is 13.7 Å². The van der Waals surface area contributed by atoms with Crippen LogP contribution in [0.4, 0.5) is 0 Å². The summed E-state index contributed by atoms with van der Waals surface area (Å²) in [5.74, 6) is 3.00. The van der Waals surface area contributed by atoms with Crippen molar-refractivity contribution in [2.45, 2.75) is 13.3 Å². The lowest BCUT2D eigenvalue weighted by Gasteiger charge is -2.18. The first-order valence-electron chi connectivity index (χ1n) is 17.8. The second-order valence-electron chi connectivity index (χ2n) is 13.5. The summed E-state index contributed by atoms with van der Waals surface area (Å²) in [7, 11) is 0. The quantitative estimate of drug-likeness (QED) is 0.177. The molecule has 1 aliphatic rings. The SMILES string of the molecule is CC1C=C(n2c(-c3cc(-c4nc5ccccc5n4-c4ccccc4)cc(-c4nc5ccccc5n4-c4ccccc4)c3)nc3ccccc32)C=CC1. The van der Waals surface area contributed by atoms with Gasteiger partial charge in [-0.15, -0.1) is 0 Å². The highest BCUT2D eigenvalue weighted by Crippen LogP contribution is 2.39. The summed E-state index contributed by atoms with van der Waals surface area (Å²) in [6, 6.07) is 52.8. The molecule has 0 spiro atoms. The Morgan fingerprint density at radius 2 is 0.846 bits per heavy atom. The molecule has 1 unspecified atom stereocenters. The van der Waals surface area contributed by atoms with Gasteiger partial charge in [0, 0.05) is 33.8 Å². The Morgan fingerprint density at radius 1 is 0.462 bits per heavy atom. The molecule has 9 aromatic rings. The van der Waals surface area contributed by atoms with E-state index in [1.165, 1.54) is 0 Å². The molecule has 0 fully saturated rings. The Balaban J connectivity index is 1.31. The summed E-state index contributed by atoms with van der Waals surface area (Å²) in [6.07, 6.45) is 7.87. The number of nitrogens with zero attached hydrogens (tertiary/aromatic N) is 6. The maximum Gasteiger partial charge on any atom is 0.145 e. The van der Waals surface area contributed by atoms with Crippen molar-refractivity contribution in [1.82, 2.24) is 28.7 Å². The molecule has 52 heavy (non-hydrogen) atoms. The maximum atomic E-state index is 5.33. The summed E-state index contributed by atoms with van der Waals surface area (Å²) in [4.78, 5) is 15.9. The Morgan fingerprint density at radius 3 is 1.29 bits per heavy atom. The van der Waals surface area contributed by atoms with E-state index in [-0.39, 0.29) is 0 Å². The molecule has 6 heteroatoms. The van der Waals surface area contributed by atoms with E-state index in [2.05, 4.69) is 178 Å². The minimum atomic E-state index is 0.424. The van der Waals surface area contributed by atoms with Crippen LogP contribution in [-0.4, -0.2) is 28.7 Å². The van der Waals surface area contributed by atoms with E-state index >= 15 is 0 Å². The molecule has 0 N–H and O–H groups in total. The smallest absolute Gasteiger partial charge is 0.145 e. The molecule has 10 rings (SSSR count). The molecule has 0 amide bonds. The summed E-state index contributed by atoms with van der Waals surface area (Å²) >= 11 is 0. The fourth-order valence-corrected chi connectivity index (χ4v) is 7.58. The highest BCUT2D eigenvalue weighted by Gasteiger charge is 2.23. The number of aromatic nitrogens is 6. The Labute approximate surface area is 301 Å². The molecule has 3 aromatic heterocycles. The minimum absolute atomic E-state index is 0.424. The number of imidazole rings is 3. The van der Waals surface area contributed by atoms with Crippen LogP contribution < -0.4 is 0 Å². The standard InChI is InChI=1S/C46H34N6/c1-31-15-14-20-37(27-31)52-43-26-13-10-23-40(43)49-46(52)34-29-32(44-47-38-21-8-11-24-41(38)50(44)35-16-4-2-5-17-35)28-33(30-34)45-48-39-22-9-12-25-42(39)51(45)36-18-6-3-7-19-36/h2-14,16-31H,15H2,1H3. The van der Waals surface area contributed by atoms with Crippen LogP contribution in [0.1, 0.15) is 13.3 Å². The van der Waals surface area contributed by atoms with Crippen molar-refractivity contribution >= 4 is 38.8 Å². The van der Waals surface area contributed by atoms with Crippen molar-refractivity contribution < 1.29 is 0 Å². The lowest BCUT2D eigenvalue weighted by Crippen LogP contribution is -2.04. The van der Waals surface area contributed by atoms with Gasteiger partial charge in [-0.05, 0) is 97.3 Å². The molecule has 0 radical (unpaired) electrons. The monoisotopic (exact) mass is 670 g/mol. The largest absolute Gasteiger partial charge is 0.293 e. The fourth-order valence-electron chi connectivity index (χ4n) is 7.58. The van der Waals surface area contributed by atoms with E-state index in [0.29, 0.717) is 5.92 Å². The van der Waals surface area contributed by atoms with Crippen LogP contribution in [0.3, 0.4) is 0 Å². The van der Waals surface area contributed by atoms with Crippen molar-refractivity contribution in [3.8, 4) is 45.5 Å². The van der Waals surface area contributed by atoms with Gasteiger partial charge in [-0.2, -0.15) is 0 Å². The van der Waals surface area contributed by atoms with Crippen LogP contribution in [0, 0.1) is 5.92 Å². The predicted octanol–water partition coefficient (Wildman–Crippen LogP) is 11.2. The van der Waals surface area contributed by atoms with E-state index in [0.717, 1.165) is 90.8 Å². The highest BCUT2D eigenvalue weighted by molar-refractivity contribution is 5.91. The van der Waals surface area contributed by atoms with Crippen LogP contribution in [0.5, 0.6) is 0 Å². The third-order valence-electron chi connectivity index (χ3n) is 9.93. The third-order valence-corrected chi connectivity index (χ3v) is 9.93. The Kier molecular flexibility index (Phi) is 7.06. The van der Waals surface area contributed by atoms with Crippen molar-refractivity contribution in [1.29, 1.82) is 0 Å². The molecule has 0 saturated heterocycles. The molecule has 0 bridgehead atoms. The summed E-state index contributed by atoms with van der Waals surface area (Å²) in [5, 5.41) is 0. The van der Waals surface area contributed by atoms with Crippen molar-refractivity contribution in [2.75, 3.05) is 0 Å². The molecule has 6 nitrogen and oxygen atoms in total. The van der Waals surface area contributed by atoms with Gasteiger partial charge in [0.25, 0.3) is 0 Å². The van der Waals surface area contributed by atoms with Gasteiger partial charge in [-0.25, -0.2) is 15.0 Å². The zero-order valence-electron chi connectivity index (χ0n) is 28.6. The number of para-hydroxylation sites is 8. The third kappa shape index (κ3) is 4.99. The van der Waals surface area contributed by atoms with E-state index in [9.17, 15) is 0 Å². The number of hydrogen-bond donors (Lipinski definition) is 0. The van der Waals surface area contributed by atoms with Crippen LogP contribution in [0.25, 0.3) is 84.3 Å². The maximum absolute atomic E-state index is 5.33. The Bertz CT molecular complexity index is 2700. The van der Waals surface area contributed by atoms with Gasteiger partial charge in [0.2, 0.25) is 0 Å². The highest BCUT2D eigenvalue weighted by atomic mass is 15.1.